The molecule has 1 heterocycles. The summed E-state index contributed by atoms with van der Waals surface area (Å²) in [5, 5.41) is 5.56. The predicted molar refractivity (Wildman–Crippen MR) is 78.7 cm³/mol. The Morgan fingerprint density at radius 3 is 2.90 bits per heavy atom. The normalized spacial score (nSPS) is 18.5. The summed E-state index contributed by atoms with van der Waals surface area (Å²) < 4.78 is 0. The second-order valence-corrected chi connectivity index (χ2v) is 5.34. The number of amides is 2. The van der Waals surface area contributed by atoms with E-state index in [1.807, 2.05) is 6.07 Å². The van der Waals surface area contributed by atoms with E-state index in [-0.39, 0.29) is 17.6 Å². The monoisotopic (exact) mass is 288 g/mol. The average Bonchev–Trinajstić information content (AvgIpc) is 2.69. The lowest BCUT2D eigenvalue weighted by Crippen LogP contribution is -2.45. The Morgan fingerprint density at radius 1 is 1.33 bits per heavy atom. The van der Waals surface area contributed by atoms with Crippen molar-refractivity contribution >= 4 is 17.6 Å². The van der Waals surface area contributed by atoms with E-state index in [0.717, 1.165) is 18.4 Å². The lowest BCUT2D eigenvalue weighted by molar-refractivity contribution is -0.128. The largest absolute Gasteiger partial charge is 0.350 e. The molecule has 2 N–H and O–H groups in total. The van der Waals surface area contributed by atoms with Gasteiger partial charge in [0.2, 0.25) is 11.8 Å². The Labute approximate surface area is 124 Å². The topological polar surface area (TPSA) is 75.3 Å². The summed E-state index contributed by atoms with van der Waals surface area (Å²) in [6, 6.07) is 6.73. The molecule has 0 aliphatic carbocycles. The third-order valence-electron chi connectivity index (χ3n) is 3.60. The molecule has 2 rings (SSSR count). The van der Waals surface area contributed by atoms with Gasteiger partial charge < -0.3 is 10.6 Å². The highest BCUT2D eigenvalue weighted by Gasteiger charge is 2.22. The second-order valence-electron chi connectivity index (χ2n) is 5.34. The zero-order valence-electron chi connectivity index (χ0n) is 12.1. The highest BCUT2D eigenvalue weighted by Crippen LogP contribution is 2.10. The Bertz CT molecular complexity index is 554. The van der Waals surface area contributed by atoms with Gasteiger partial charge in [-0.3, -0.25) is 14.4 Å². The number of nitrogens with one attached hydrogen (secondary N) is 2. The van der Waals surface area contributed by atoms with Gasteiger partial charge in [0, 0.05) is 18.5 Å². The highest BCUT2D eigenvalue weighted by atomic mass is 16.2. The molecule has 0 bridgehead atoms. The summed E-state index contributed by atoms with van der Waals surface area (Å²) in [6.45, 7) is 1.87. The molecule has 1 atom stereocenters. The summed E-state index contributed by atoms with van der Waals surface area (Å²) in [7, 11) is 0. The molecule has 2 amide bonds. The van der Waals surface area contributed by atoms with E-state index in [9.17, 15) is 14.4 Å². The van der Waals surface area contributed by atoms with Crippen LogP contribution in [-0.4, -0.2) is 23.6 Å². The molecule has 5 nitrogen and oxygen atoms in total. The predicted octanol–water partition coefficient (Wildman–Crippen LogP) is 1.56. The Balaban J connectivity index is 1.92. The van der Waals surface area contributed by atoms with Crippen LogP contribution in [0.5, 0.6) is 0 Å². The van der Waals surface area contributed by atoms with Gasteiger partial charge in [-0.05, 0) is 31.4 Å². The molecule has 5 heteroatoms. The lowest BCUT2D eigenvalue weighted by atomic mass is 10.1. The van der Waals surface area contributed by atoms with Crippen molar-refractivity contribution in [2.24, 2.45) is 0 Å². The molecule has 1 aromatic rings. The van der Waals surface area contributed by atoms with Crippen molar-refractivity contribution in [3.05, 3.63) is 35.4 Å². The van der Waals surface area contributed by atoms with Crippen LogP contribution in [0.15, 0.2) is 24.3 Å². The summed E-state index contributed by atoms with van der Waals surface area (Å²) in [5.41, 5.74) is 1.50. The van der Waals surface area contributed by atoms with Gasteiger partial charge in [0.15, 0.2) is 5.78 Å². The first-order valence-electron chi connectivity index (χ1n) is 7.23. The summed E-state index contributed by atoms with van der Waals surface area (Å²) in [6.07, 6.45) is 2.86. The van der Waals surface area contributed by atoms with Crippen LogP contribution in [0.4, 0.5) is 0 Å². The molecular formula is C16H20N2O3. The average molecular weight is 288 g/mol. The van der Waals surface area contributed by atoms with Crippen LogP contribution >= 0.6 is 0 Å². The minimum Gasteiger partial charge on any atom is -0.350 e. The smallest absolute Gasteiger partial charge is 0.242 e. The van der Waals surface area contributed by atoms with Crippen molar-refractivity contribution in [3.8, 4) is 0 Å². The van der Waals surface area contributed by atoms with Crippen LogP contribution in [0, 0.1) is 0 Å². The van der Waals surface area contributed by atoms with Gasteiger partial charge in [0.25, 0.3) is 0 Å². The summed E-state index contributed by atoms with van der Waals surface area (Å²) in [5.74, 6) is -0.232. The fourth-order valence-electron chi connectivity index (χ4n) is 2.38. The number of carbonyl (C=O) groups is 3. The standard InChI is InChI=1S/C16H20N2O3/c1-11(19)13-6-4-5-12(9-13)10-17-16(21)14-7-2-3-8-15(20)18-14/h4-6,9,14H,2-3,7-8,10H2,1H3,(H,17,21)(H,18,20)/t14-/m0/s1. The number of hydrogen-bond acceptors (Lipinski definition) is 3. The van der Waals surface area contributed by atoms with Crippen molar-refractivity contribution in [2.75, 3.05) is 0 Å². The number of carbonyl (C=O) groups excluding carboxylic acids is 3. The van der Waals surface area contributed by atoms with E-state index in [2.05, 4.69) is 10.6 Å². The van der Waals surface area contributed by atoms with Gasteiger partial charge >= 0.3 is 0 Å². The molecule has 1 fully saturated rings. The summed E-state index contributed by atoms with van der Waals surface area (Å²) in [4.78, 5) is 34.9. The molecule has 0 radical (unpaired) electrons. The quantitative estimate of drug-likeness (QED) is 0.826. The molecule has 21 heavy (non-hydrogen) atoms. The third-order valence-corrected chi connectivity index (χ3v) is 3.60. The van der Waals surface area contributed by atoms with E-state index < -0.39 is 6.04 Å². The van der Waals surface area contributed by atoms with E-state index in [4.69, 9.17) is 0 Å². The lowest BCUT2D eigenvalue weighted by Gasteiger charge is -2.15. The van der Waals surface area contributed by atoms with Crippen LogP contribution in [0.25, 0.3) is 0 Å². The molecule has 0 saturated carbocycles. The Hall–Kier alpha value is -2.17. The number of ketones is 1. The molecule has 112 valence electrons. The fraction of sp³-hybridized carbons (Fsp3) is 0.438. The maximum absolute atomic E-state index is 12.1. The number of benzene rings is 1. The van der Waals surface area contributed by atoms with Gasteiger partial charge in [-0.25, -0.2) is 0 Å². The van der Waals surface area contributed by atoms with E-state index in [1.54, 1.807) is 18.2 Å². The Morgan fingerprint density at radius 2 is 2.14 bits per heavy atom. The molecule has 1 aromatic carbocycles. The maximum atomic E-state index is 12.1. The van der Waals surface area contributed by atoms with Crippen LogP contribution in [-0.2, 0) is 16.1 Å². The van der Waals surface area contributed by atoms with Gasteiger partial charge in [0.1, 0.15) is 6.04 Å². The molecule has 0 aromatic heterocycles. The number of rotatable bonds is 4. The van der Waals surface area contributed by atoms with E-state index in [0.29, 0.717) is 24.9 Å². The zero-order chi connectivity index (χ0) is 15.2. The highest BCUT2D eigenvalue weighted by molar-refractivity contribution is 5.94. The van der Waals surface area contributed by atoms with E-state index in [1.165, 1.54) is 6.92 Å². The zero-order valence-corrected chi connectivity index (χ0v) is 12.1. The first-order valence-corrected chi connectivity index (χ1v) is 7.23. The molecular weight excluding hydrogens is 268 g/mol. The van der Waals surface area contributed by atoms with Crippen LogP contribution < -0.4 is 10.6 Å². The third kappa shape index (κ3) is 4.41. The second kappa shape index (κ2) is 7.02. The molecule has 0 unspecified atom stereocenters. The number of hydrogen-bond donors (Lipinski definition) is 2. The fourth-order valence-corrected chi connectivity index (χ4v) is 2.38. The molecule has 1 aliphatic heterocycles. The molecule has 1 saturated heterocycles. The van der Waals surface area contributed by atoms with Crippen molar-refractivity contribution in [1.29, 1.82) is 0 Å². The van der Waals surface area contributed by atoms with Gasteiger partial charge in [-0.15, -0.1) is 0 Å². The van der Waals surface area contributed by atoms with Crippen molar-refractivity contribution in [3.63, 3.8) is 0 Å². The van der Waals surface area contributed by atoms with Crippen molar-refractivity contribution in [1.82, 2.24) is 10.6 Å². The molecule has 1 aliphatic rings. The first kappa shape index (κ1) is 15.2. The van der Waals surface area contributed by atoms with Crippen LogP contribution in [0.2, 0.25) is 0 Å². The molecule has 0 spiro atoms. The Kier molecular flexibility index (Phi) is 5.09. The van der Waals surface area contributed by atoms with Crippen LogP contribution in [0.3, 0.4) is 0 Å². The summed E-state index contributed by atoms with van der Waals surface area (Å²) >= 11 is 0. The van der Waals surface area contributed by atoms with Crippen molar-refractivity contribution in [2.45, 2.75) is 45.2 Å². The van der Waals surface area contributed by atoms with Gasteiger partial charge in [0.05, 0.1) is 0 Å². The first-order chi connectivity index (χ1) is 10.1. The SMILES string of the molecule is CC(=O)c1cccc(CNC(=O)[C@@H]2CCCCC(=O)N2)c1. The minimum atomic E-state index is -0.448. The van der Waals surface area contributed by atoms with Crippen LogP contribution in [0.1, 0.15) is 48.5 Å². The van der Waals surface area contributed by atoms with Crippen molar-refractivity contribution < 1.29 is 14.4 Å². The minimum absolute atomic E-state index is 0.000733. The van der Waals surface area contributed by atoms with Gasteiger partial charge in [-0.2, -0.15) is 0 Å². The number of Topliss-reactive ketones (excluding diaryl/α,β-unsaturated/α-hetero) is 1. The maximum Gasteiger partial charge on any atom is 0.242 e. The van der Waals surface area contributed by atoms with Gasteiger partial charge in [-0.1, -0.05) is 24.6 Å². The van der Waals surface area contributed by atoms with E-state index >= 15 is 0 Å².